The highest BCUT2D eigenvalue weighted by Crippen LogP contribution is 2.31. The minimum absolute atomic E-state index is 0.00323. The fourth-order valence-corrected chi connectivity index (χ4v) is 4.03. The summed E-state index contributed by atoms with van der Waals surface area (Å²) >= 11 is 0. The summed E-state index contributed by atoms with van der Waals surface area (Å²) in [4.78, 5) is 28.8. The predicted molar refractivity (Wildman–Crippen MR) is 109 cm³/mol. The molecule has 30 heavy (non-hydrogen) atoms. The fourth-order valence-electron chi connectivity index (χ4n) is 4.03. The Kier molecular flexibility index (Phi) is 6.08. The van der Waals surface area contributed by atoms with E-state index in [4.69, 9.17) is 10.5 Å². The van der Waals surface area contributed by atoms with Crippen LogP contribution in [-0.4, -0.2) is 68.6 Å². The third kappa shape index (κ3) is 4.84. The average Bonchev–Trinajstić information content (AvgIpc) is 2.78. The van der Waals surface area contributed by atoms with E-state index in [0.717, 1.165) is 5.56 Å². The zero-order valence-corrected chi connectivity index (χ0v) is 16.9. The summed E-state index contributed by atoms with van der Waals surface area (Å²) < 4.78 is 21.3. The van der Waals surface area contributed by atoms with Gasteiger partial charge >= 0.3 is 0 Å². The van der Waals surface area contributed by atoms with Gasteiger partial charge in [0, 0.05) is 88.6 Å². The molecule has 4 heterocycles. The molecule has 0 bridgehead atoms. The van der Waals surface area contributed by atoms with Gasteiger partial charge in [0.15, 0.2) is 5.67 Å². The number of rotatable bonds is 5. The van der Waals surface area contributed by atoms with E-state index in [-0.39, 0.29) is 30.8 Å². The van der Waals surface area contributed by atoms with Crippen molar-refractivity contribution in [3.05, 3.63) is 42.4 Å². The number of carbonyl (C=O) groups excluding carboxylic acids is 1. The van der Waals surface area contributed by atoms with Crippen molar-refractivity contribution in [2.45, 2.75) is 44.0 Å². The largest absolute Gasteiger partial charge is 0.474 e. The molecule has 160 valence electrons. The van der Waals surface area contributed by atoms with E-state index in [2.05, 4.69) is 19.9 Å². The average molecular weight is 414 g/mol. The van der Waals surface area contributed by atoms with Crippen LogP contribution in [0.15, 0.2) is 36.8 Å². The van der Waals surface area contributed by atoms with E-state index >= 15 is 4.39 Å². The smallest absolute Gasteiger partial charge is 0.260 e. The molecular weight excluding hydrogens is 387 g/mol. The minimum Gasteiger partial charge on any atom is -0.474 e. The molecular formula is C21H27FN6O2. The van der Waals surface area contributed by atoms with Gasteiger partial charge in [-0.3, -0.25) is 9.69 Å². The molecule has 1 amide bonds. The molecule has 2 fully saturated rings. The maximum atomic E-state index is 15.5. The Morgan fingerprint density at radius 1 is 1.13 bits per heavy atom. The summed E-state index contributed by atoms with van der Waals surface area (Å²) in [5.74, 6) is 0.442. The van der Waals surface area contributed by atoms with Gasteiger partial charge in [0.2, 0.25) is 11.8 Å². The molecule has 2 saturated heterocycles. The number of alkyl halides is 1. The summed E-state index contributed by atoms with van der Waals surface area (Å²) in [5, 5.41) is 0. The lowest BCUT2D eigenvalue weighted by molar-refractivity contribution is -0.149. The first kappa shape index (κ1) is 20.5. The Bertz CT molecular complexity index is 834. The first-order valence-electron chi connectivity index (χ1n) is 10.4. The third-order valence-electron chi connectivity index (χ3n) is 5.82. The first-order valence-corrected chi connectivity index (χ1v) is 10.4. The van der Waals surface area contributed by atoms with Crippen LogP contribution >= 0.6 is 0 Å². The van der Waals surface area contributed by atoms with Crippen molar-refractivity contribution in [1.82, 2.24) is 24.8 Å². The number of ether oxygens (including phenoxy) is 1. The van der Waals surface area contributed by atoms with E-state index in [1.807, 2.05) is 18.2 Å². The Balaban J connectivity index is 1.25. The molecule has 0 aromatic carbocycles. The third-order valence-corrected chi connectivity index (χ3v) is 5.82. The number of likely N-dealkylation sites (tertiary alicyclic amines) is 2. The summed E-state index contributed by atoms with van der Waals surface area (Å²) in [5.41, 5.74) is 4.65. The molecule has 2 aliphatic rings. The lowest BCUT2D eigenvalue weighted by Gasteiger charge is -2.40. The van der Waals surface area contributed by atoms with Crippen molar-refractivity contribution in [1.29, 1.82) is 0 Å². The van der Waals surface area contributed by atoms with Gasteiger partial charge < -0.3 is 15.4 Å². The molecule has 8 nitrogen and oxygen atoms in total. The number of halogens is 1. The van der Waals surface area contributed by atoms with Gasteiger partial charge in [0.1, 0.15) is 6.10 Å². The second kappa shape index (κ2) is 8.91. The van der Waals surface area contributed by atoms with E-state index in [1.54, 1.807) is 23.5 Å². The zero-order chi connectivity index (χ0) is 21.0. The van der Waals surface area contributed by atoms with Gasteiger partial charge in [-0.1, -0.05) is 6.07 Å². The van der Waals surface area contributed by atoms with Crippen LogP contribution in [-0.2, 0) is 11.3 Å². The molecule has 4 rings (SSSR count). The maximum Gasteiger partial charge on any atom is 0.260 e. The van der Waals surface area contributed by atoms with Gasteiger partial charge in [-0.2, -0.15) is 0 Å². The number of nitrogens with two attached hydrogens (primary N) is 1. The van der Waals surface area contributed by atoms with Crippen LogP contribution in [0.5, 0.6) is 5.88 Å². The quantitative estimate of drug-likeness (QED) is 0.797. The number of hydrogen-bond donors (Lipinski definition) is 1. The number of nitrogen functional groups attached to an aromatic ring is 1. The number of amides is 1. The summed E-state index contributed by atoms with van der Waals surface area (Å²) in [6.07, 6.45) is 6.82. The molecule has 2 aliphatic heterocycles. The van der Waals surface area contributed by atoms with E-state index in [0.29, 0.717) is 51.4 Å². The number of nitrogens with zero attached hydrogens (tertiary/aromatic N) is 5. The molecule has 0 radical (unpaired) electrons. The number of pyridine rings is 1. The number of carbonyl (C=O) groups is 1. The molecule has 0 saturated carbocycles. The van der Waals surface area contributed by atoms with E-state index in [1.165, 1.54) is 0 Å². The molecule has 2 aromatic heterocycles. The minimum atomic E-state index is -1.79. The lowest BCUT2D eigenvalue weighted by atomic mass is 9.90. The Hall–Kier alpha value is -2.81. The Labute approximate surface area is 175 Å². The van der Waals surface area contributed by atoms with E-state index in [9.17, 15) is 4.79 Å². The molecule has 2 N–H and O–H groups in total. The van der Waals surface area contributed by atoms with Crippen molar-refractivity contribution >= 4 is 11.9 Å². The monoisotopic (exact) mass is 414 g/mol. The van der Waals surface area contributed by atoms with Crippen LogP contribution in [0.25, 0.3) is 0 Å². The first-order chi connectivity index (χ1) is 14.5. The van der Waals surface area contributed by atoms with Crippen LogP contribution in [0.1, 0.15) is 31.2 Å². The zero-order valence-electron chi connectivity index (χ0n) is 16.9. The van der Waals surface area contributed by atoms with Crippen molar-refractivity contribution in [3.8, 4) is 5.88 Å². The van der Waals surface area contributed by atoms with Gasteiger partial charge in [-0.25, -0.2) is 19.3 Å². The molecule has 0 spiro atoms. The highest BCUT2D eigenvalue weighted by Gasteiger charge is 2.44. The van der Waals surface area contributed by atoms with Crippen molar-refractivity contribution in [2.75, 3.05) is 31.9 Å². The van der Waals surface area contributed by atoms with Crippen LogP contribution in [0.2, 0.25) is 0 Å². The number of aromatic nitrogens is 3. The van der Waals surface area contributed by atoms with Crippen LogP contribution in [0.3, 0.4) is 0 Å². The molecule has 2 aromatic rings. The van der Waals surface area contributed by atoms with Gasteiger partial charge in [-0.15, -0.1) is 0 Å². The van der Waals surface area contributed by atoms with Crippen molar-refractivity contribution < 1.29 is 13.9 Å². The second-order valence-electron chi connectivity index (χ2n) is 7.97. The summed E-state index contributed by atoms with van der Waals surface area (Å²) in [6.45, 7) is 2.68. The van der Waals surface area contributed by atoms with Crippen molar-refractivity contribution in [3.63, 3.8) is 0 Å². The molecule has 0 unspecified atom stereocenters. The highest BCUT2D eigenvalue weighted by atomic mass is 19.1. The predicted octanol–water partition coefficient (Wildman–Crippen LogP) is 1.83. The van der Waals surface area contributed by atoms with Crippen molar-refractivity contribution in [2.24, 2.45) is 0 Å². The topological polar surface area (TPSA) is 97.5 Å². The fraction of sp³-hybridized carbons (Fsp3) is 0.524. The van der Waals surface area contributed by atoms with Gasteiger partial charge in [-0.05, 0) is 6.07 Å². The molecule has 0 aliphatic carbocycles. The second-order valence-corrected chi connectivity index (χ2v) is 7.97. The normalized spacial score (nSPS) is 20.1. The van der Waals surface area contributed by atoms with Gasteiger partial charge in [0.05, 0.1) is 0 Å². The number of hydrogen-bond acceptors (Lipinski definition) is 7. The standard InChI is InChI=1S/C21H27FN6O2/c22-21(6-11-27(12-7-21)15-16-13-25-20(23)26-14-16)19(29)28-9-4-17(5-10-28)30-18-3-1-2-8-24-18/h1-3,8,13-14,17H,4-7,9-12,15H2,(H2,23,25,26). The van der Waals surface area contributed by atoms with Crippen LogP contribution in [0, 0.1) is 0 Å². The van der Waals surface area contributed by atoms with Crippen LogP contribution in [0.4, 0.5) is 10.3 Å². The Morgan fingerprint density at radius 3 is 2.47 bits per heavy atom. The van der Waals surface area contributed by atoms with Crippen LogP contribution < -0.4 is 10.5 Å². The Morgan fingerprint density at radius 2 is 1.83 bits per heavy atom. The summed E-state index contributed by atoms with van der Waals surface area (Å²) in [6, 6.07) is 5.53. The summed E-state index contributed by atoms with van der Waals surface area (Å²) in [7, 11) is 0. The maximum absolute atomic E-state index is 15.5. The SMILES string of the molecule is Nc1ncc(CN2CCC(F)(C(=O)N3CCC(Oc4ccccn4)CC3)CC2)cn1. The number of anilines is 1. The van der Waals surface area contributed by atoms with E-state index < -0.39 is 5.67 Å². The lowest BCUT2D eigenvalue weighted by Crippen LogP contribution is -2.54. The van der Waals surface area contributed by atoms with Gasteiger partial charge in [0.25, 0.3) is 5.91 Å². The highest BCUT2D eigenvalue weighted by molar-refractivity contribution is 5.85. The molecule has 9 heteroatoms. The molecule has 0 atom stereocenters. The number of piperidine rings is 2.